The van der Waals surface area contributed by atoms with Gasteiger partial charge in [-0.3, -0.25) is 14.7 Å². The number of H-pyrrole nitrogens is 1. The van der Waals surface area contributed by atoms with E-state index in [1.54, 1.807) is 4.90 Å². The van der Waals surface area contributed by atoms with Crippen molar-refractivity contribution in [3.05, 3.63) is 17.5 Å². The van der Waals surface area contributed by atoms with Crippen molar-refractivity contribution in [3.63, 3.8) is 0 Å². The average Bonchev–Trinajstić information content (AvgIpc) is 3.18. The van der Waals surface area contributed by atoms with E-state index in [0.29, 0.717) is 31.7 Å². The number of carbonyl (C=O) groups excluding carboxylic acids is 2. The van der Waals surface area contributed by atoms with Crippen molar-refractivity contribution in [2.75, 3.05) is 19.8 Å². The van der Waals surface area contributed by atoms with Crippen LogP contribution in [0.4, 0.5) is 0 Å². The van der Waals surface area contributed by atoms with Crippen LogP contribution in [0.25, 0.3) is 0 Å². The molecule has 7 nitrogen and oxygen atoms in total. The second-order valence-corrected chi connectivity index (χ2v) is 6.20. The normalized spacial score (nSPS) is 25.2. The molecule has 120 valence electrons. The van der Waals surface area contributed by atoms with Crippen molar-refractivity contribution >= 4 is 11.8 Å². The van der Waals surface area contributed by atoms with E-state index in [0.717, 1.165) is 12.1 Å². The maximum atomic E-state index is 12.5. The lowest BCUT2D eigenvalue weighted by molar-refractivity contribution is -0.130. The van der Waals surface area contributed by atoms with Gasteiger partial charge in [-0.2, -0.15) is 5.10 Å². The van der Waals surface area contributed by atoms with Crippen LogP contribution in [0.5, 0.6) is 0 Å². The van der Waals surface area contributed by atoms with Crippen LogP contribution in [0.1, 0.15) is 48.7 Å². The van der Waals surface area contributed by atoms with Gasteiger partial charge in [0.1, 0.15) is 6.04 Å². The number of amides is 2. The zero-order valence-electron chi connectivity index (χ0n) is 13.0. The molecule has 2 aliphatic heterocycles. The summed E-state index contributed by atoms with van der Waals surface area (Å²) in [5.41, 5.74) is 1.33. The van der Waals surface area contributed by atoms with Gasteiger partial charge in [0.25, 0.3) is 5.91 Å². The molecule has 2 saturated heterocycles. The summed E-state index contributed by atoms with van der Waals surface area (Å²) in [5, 5.41) is 9.74. The molecule has 2 fully saturated rings. The fourth-order valence-electron chi connectivity index (χ4n) is 3.14. The van der Waals surface area contributed by atoms with E-state index in [9.17, 15) is 9.59 Å². The lowest BCUT2D eigenvalue weighted by atomic mass is 10.0. The molecule has 1 aromatic heterocycles. The van der Waals surface area contributed by atoms with Crippen molar-refractivity contribution < 1.29 is 14.3 Å². The largest absolute Gasteiger partial charge is 0.381 e. The van der Waals surface area contributed by atoms with E-state index in [1.807, 2.05) is 13.8 Å². The molecular formula is C15H22N4O3. The molecule has 0 aliphatic carbocycles. The molecule has 7 heteroatoms. The van der Waals surface area contributed by atoms with Crippen LogP contribution >= 0.6 is 0 Å². The van der Waals surface area contributed by atoms with Gasteiger partial charge >= 0.3 is 0 Å². The maximum absolute atomic E-state index is 12.5. The number of nitrogens with zero attached hydrogens (tertiary/aromatic N) is 2. The first-order valence-electron chi connectivity index (χ1n) is 7.80. The van der Waals surface area contributed by atoms with Gasteiger partial charge in [0.05, 0.1) is 24.1 Å². The Morgan fingerprint density at radius 3 is 2.95 bits per heavy atom. The molecule has 0 spiro atoms. The number of rotatable bonds is 4. The summed E-state index contributed by atoms with van der Waals surface area (Å²) in [6.07, 6.45) is 3.07. The van der Waals surface area contributed by atoms with Crippen LogP contribution in [0.15, 0.2) is 6.20 Å². The smallest absolute Gasteiger partial charge is 0.255 e. The highest BCUT2D eigenvalue weighted by Crippen LogP contribution is 2.26. The highest BCUT2D eigenvalue weighted by Gasteiger charge is 2.35. The summed E-state index contributed by atoms with van der Waals surface area (Å²) >= 11 is 0. The van der Waals surface area contributed by atoms with E-state index >= 15 is 0 Å². The summed E-state index contributed by atoms with van der Waals surface area (Å²) in [6, 6.07) is -0.271. The van der Waals surface area contributed by atoms with Crippen LogP contribution in [0, 0.1) is 0 Å². The molecule has 0 aromatic carbocycles. The summed E-state index contributed by atoms with van der Waals surface area (Å²) < 4.78 is 5.37. The summed E-state index contributed by atoms with van der Waals surface area (Å²) in [6.45, 7) is 5.96. The Morgan fingerprint density at radius 1 is 1.50 bits per heavy atom. The monoisotopic (exact) mass is 306 g/mol. The Kier molecular flexibility index (Phi) is 4.15. The third kappa shape index (κ3) is 2.72. The molecule has 2 amide bonds. The molecule has 2 N–H and O–H groups in total. The molecule has 3 rings (SSSR count). The minimum absolute atomic E-state index is 0.00223. The quantitative estimate of drug-likeness (QED) is 0.855. The molecule has 0 bridgehead atoms. The Morgan fingerprint density at radius 2 is 2.32 bits per heavy atom. The zero-order chi connectivity index (χ0) is 15.7. The van der Waals surface area contributed by atoms with Crippen LogP contribution in [0.2, 0.25) is 0 Å². The Balaban J connectivity index is 1.68. The third-order valence-corrected chi connectivity index (χ3v) is 4.42. The number of likely N-dealkylation sites (tertiary alicyclic amines) is 1. The lowest BCUT2D eigenvalue weighted by Crippen LogP contribution is -2.43. The van der Waals surface area contributed by atoms with Crippen molar-refractivity contribution in [1.29, 1.82) is 0 Å². The number of hydrogen-bond acceptors (Lipinski definition) is 4. The van der Waals surface area contributed by atoms with Crippen LogP contribution in [-0.2, 0) is 9.53 Å². The van der Waals surface area contributed by atoms with Gasteiger partial charge in [0.2, 0.25) is 5.91 Å². The number of nitrogens with one attached hydrogen (secondary N) is 2. The van der Waals surface area contributed by atoms with E-state index in [4.69, 9.17) is 4.74 Å². The number of ether oxygens (including phenoxy) is 1. The van der Waals surface area contributed by atoms with Crippen molar-refractivity contribution in [3.8, 4) is 0 Å². The topological polar surface area (TPSA) is 87.3 Å². The first-order valence-corrected chi connectivity index (χ1v) is 7.80. The van der Waals surface area contributed by atoms with Gasteiger partial charge in [-0.1, -0.05) is 0 Å². The molecule has 0 saturated carbocycles. The zero-order valence-corrected chi connectivity index (χ0v) is 13.0. The van der Waals surface area contributed by atoms with E-state index in [-0.39, 0.29) is 23.8 Å². The number of aromatic nitrogens is 2. The molecule has 2 aliphatic rings. The fraction of sp³-hybridized carbons (Fsp3) is 0.667. The maximum Gasteiger partial charge on any atom is 0.255 e. The van der Waals surface area contributed by atoms with Gasteiger partial charge in [-0.15, -0.1) is 0 Å². The minimum Gasteiger partial charge on any atom is -0.381 e. The summed E-state index contributed by atoms with van der Waals surface area (Å²) in [7, 11) is 0. The number of aromatic amines is 1. The second kappa shape index (κ2) is 6.08. The average molecular weight is 306 g/mol. The van der Waals surface area contributed by atoms with Crippen molar-refractivity contribution in [2.45, 2.75) is 44.7 Å². The Bertz CT molecular complexity index is 563. The van der Waals surface area contributed by atoms with Gasteiger partial charge in [0, 0.05) is 25.1 Å². The molecule has 2 atom stereocenters. The SMILES string of the molecule is CC(C)N1CC[C@@H](NC(=O)c2cn[nH]c2[C@H]2CCOC2)C1=O. The van der Waals surface area contributed by atoms with Gasteiger partial charge in [0.15, 0.2) is 0 Å². The van der Waals surface area contributed by atoms with Gasteiger partial charge < -0.3 is 15.0 Å². The number of hydrogen-bond donors (Lipinski definition) is 2. The molecule has 3 heterocycles. The lowest BCUT2D eigenvalue weighted by Gasteiger charge is -2.21. The van der Waals surface area contributed by atoms with Crippen LogP contribution < -0.4 is 5.32 Å². The molecular weight excluding hydrogens is 284 g/mol. The minimum atomic E-state index is -0.433. The summed E-state index contributed by atoms with van der Waals surface area (Å²) in [5.74, 6) is -0.0631. The standard InChI is InChI=1S/C15H22N4O3/c1-9(2)19-5-3-12(15(19)21)17-14(20)11-7-16-18-13(11)10-4-6-22-8-10/h7,9-10,12H,3-6,8H2,1-2H3,(H,16,18)(H,17,20)/t10-,12+/m0/s1. The summed E-state index contributed by atoms with van der Waals surface area (Å²) in [4.78, 5) is 26.5. The molecule has 22 heavy (non-hydrogen) atoms. The highest BCUT2D eigenvalue weighted by atomic mass is 16.5. The van der Waals surface area contributed by atoms with Crippen LogP contribution in [-0.4, -0.2) is 58.8 Å². The number of carbonyl (C=O) groups is 2. The predicted molar refractivity (Wildman–Crippen MR) is 79.5 cm³/mol. The van der Waals surface area contributed by atoms with Crippen LogP contribution in [0.3, 0.4) is 0 Å². The van der Waals surface area contributed by atoms with Crippen molar-refractivity contribution in [1.82, 2.24) is 20.4 Å². The molecule has 1 aromatic rings. The first kappa shape index (κ1) is 15.0. The first-order chi connectivity index (χ1) is 10.6. The molecule has 0 radical (unpaired) electrons. The fourth-order valence-corrected chi connectivity index (χ4v) is 3.14. The third-order valence-electron chi connectivity index (χ3n) is 4.42. The molecule has 0 unspecified atom stereocenters. The van der Waals surface area contributed by atoms with Crippen molar-refractivity contribution in [2.24, 2.45) is 0 Å². The predicted octanol–water partition coefficient (Wildman–Crippen LogP) is 0.653. The Hall–Kier alpha value is -1.89. The highest BCUT2D eigenvalue weighted by molar-refractivity contribution is 5.98. The van der Waals surface area contributed by atoms with E-state index in [2.05, 4.69) is 15.5 Å². The van der Waals surface area contributed by atoms with E-state index < -0.39 is 6.04 Å². The van der Waals surface area contributed by atoms with E-state index in [1.165, 1.54) is 6.20 Å². The second-order valence-electron chi connectivity index (χ2n) is 6.20. The Labute approximate surface area is 129 Å². The van der Waals surface area contributed by atoms with Gasteiger partial charge in [-0.05, 0) is 26.7 Å². The van der Waals surface area contributed by atoms with Gasteiger partial charge in [-0.25, -0.2) is 0 Å².